The number of nitrogens with one attached hydrogen (secondary N) is 2. The molecule has 1 saturated heterocycles. The van der Waals surface area contributed by atoms with Gasteiger partial charge in [0.25, 0.3) is 0 Å². The molecule has 1 fully saturated rings. The molecule has 0 saturated carbocycles. The molecule has 0 bridgehead atoms. The minimum atomic E-state index is -0.274. The maximum atomic E-state index is 13.7. The minimum Gasteiger partial charge on any atom is -0.362 e. The lowest BCUT2D eigenvalue weighted by molar-refractivity contribution is -0.109. The standard InChI is InChI=1S/C29H27FN6.C2H5NO/c1-20(22-6-3-2-4-7-22)32-29-31-14-12-25(33-29)28-27(23-8-10-24(30)11-9-23)34-26-18-21(13-17-36(26)28)19-35-15-5-16-35;1-3-2-4/h2-4,6-14,17-18,20H,5,15-16,19H2,1H3,(H,31,32,33);2H,1H3,(H,3,4)/t20-;/m0./s1. The highest BCUT2D eigenvalue weighted by Crippen LogP contribution is 2.33. The number of aromatic nitrogens is 4. The molecule has 0 unspecified atom stereocenters. The molecule has 6 rings (SSSR count). The average molecular weight is 538 g/mol. The van der Waals surface area contributed by atoms with Crippen LogP contribution in [0.3, 0.4) is 0 Å². The fourth-order valence-corrected chi connectivity index (χ4v) is 4.62. The van der Waals surface area contributed by atoms with E-state index in [1.807, 2.05) is 24.3 Å². The minimum absolute atomic E-state index is 0.0456. The second kappa shape index (κ2) is 12.5. The van der Waals surface area contributed by atoms with Gasteiger partial charge in [-0.2, -0.15) is 0 Å². The summed E-state index contributed by atoms with van der Waals surface area (Å²) >= 11 is 0. The Balaban J connectivity index is 0.000000758. The Hall–Kier alpha value is -4.63. The zero-order chi connectivity index (χ0) is 27.9. The second-order valence-electron chi connectivity index (χ2n) is 9.66. The first kappa shape index (κ1) is 27.0. The molecule has 9 heteroatoms. The Labute approximate surface area is 232 Å². The van der Waals surface area contributed by atoms with Crippen molar-refractivity contribution in [2.24, 2.45) is 0 Å². The summed E-state index contributed by atoms with van der Waals surface area (Å²) in [5.41, 5.74) is 6.42. The summed E-state index contributed by atoms with van der Waals surface area (Å²) in [6.07, 6.45) is 5.70. The van der Waals surface area contributed by atoms with Crippen LogP contribution in [-0.2, 0) is 11.3 Å². The number of anilines is 1. The summed E-state index contributed by atoms with van der Waals surface area (Å²) in [5.74, 6) is 0.266. The number of likely N-dealkylation sites (tertiary alicyclic amines) is 1. The van der Waals surface area contributed by atoms with Crippen LogP contribution in [0.4, 0.5) is 10.3 Å². The summed E-state index contributed by atoms with van der Waals surface area (Å²) in [6.45, 7) is 5.29. The summed E-state index contributed by atoms with van der Waals surface area (Å²) in [4.78, 5) is 25.8. The molecule has 1 aliphatic rings. The van der Waals surface area contributed by atoms with Gasteiger partial charge in [0.2, 0.25) is 12.4 Å². The highest BCUT2D eigenvalue weighted by molar-refractivity contribution is 5.80. The van der Waals surface area contributed by atoms with Gasteiger partial charge < -0.3 is 10.6 Å². The number of hydrogen-bond donors (Lipinski definition) is 2. The number of benzene rings is 2. The zero-order valence-corrected chi connectivity index (χ0v) is 22.6. The largest absolute Gasteiger partial charge is 0.362 e. The topological polar surface area (TPSA) is 87.4 Å². The summed E-state index contributed by atoms with van der Waals surface area (Å²) in [7, 11) is 1.56. The van der Waals surface area contributed by atoms with E-state index in [1.54, 1.807) is 25.4 Å². The van der Waals surface area contributed by atoms with E-state index in [0.29, 0.717) is 12.4 Å². The molecule has 2 N–H and O–H groups in total. The van der Waals surface area contributed by atoms with Gasteiger partial charge in [0, 0.05) is 31.5 Å². The number of amides is 1. The Morgan fingerprint density at radius 2 is 1.77 bits per heavy atom. The molecule has 1 aliphatic heterocycles. The Bertz CT molecular complexity index is 1570. The van der Waals surface area contributed by atoms with Crippen molar-refractivity contribution >= 4 is 18.0 Å². The average Bonchev–Trinajstić information content (AvgIpc) is 3.35. The van der Waals surface area contributed by atoms with Crippen molar-refractivity contribution < 1.29 is 9.18 Å². The summed E-state index contributed by atoms with van der Waals surface area (Å²) < 4.78 is 15.8. The molecule has 0 radical (unpaired) electrons. The van der Waals surface area contributed by atoms with E-state index in [1.165, 1.54) is 24.1 Å². The molecule has 0 aliphatic carbocycles. The predicted octanol–water partition coefficient (Wildman–Crippen LogP) is 5.34. The van der Waals surface area contributed by atoms with Gasteiger partial charge in [-0.25, -0.2) is 19.3 Å². The van der Waals surface area contributed by atoms with E-state index in [-0.39, 0.29) is 11.9 Å². The fraction of sp³-hybridized carbons (Fsp3) is 0.226. The van der Waals surface area contributed by atoms with Gasteiger partial charge in [0.1, 0.15) is 11.5 Å². The smallest absolute Gasteiger partial charge is 0.223 e. The van der Waals surface area contributed by atoms with Gasteiger partial charge >= 0.3 is 0 Å². The first-order valence-corrected chi connectivity index (χ1v) is 13.3. The van der Waals surface area contributed by atoms with Crippen LogP contribution < -0.4 is 10.6 Å². The SMILES string of the molecule is CNC=O.C[C@H](Nc1nccc(-c2c(-c3ccc(F)cc3)nc3cc(CN4CCC4)ccn23)n1)c1ccccc1. The summed E-state index contributed by atoms with van der Waals surface area (Å²) in [5, 5.41) is 5.66. The third kappa shape index (κ3) is 6.16. The highest BCUT2D eigenvalue weighted by atomic mass is 19.1. The number of carbonyl (C=O) groups excluding carboxylic acids is 1. The Morgan fingerprint density at radius 1 is 1.02 bits per heavy atom. The lowest BCUT2D eigenvalue weighted by Gasteiger charge is -2.30. The van der Waals surface area contributed by atoms with E-state index in [0.717, 1.165) is 53.5 Å². The van der Waals surface area contributed by atoms with E-state index >= 15 is 0 Å². The van der Waals surface area contributed by atoms with E-state index in [4.69, 9.17) is 14.8 Å². The second-order valence-corrected chi connectivity index (χ2v) is 9.66. The molecule has 3 aromatic heterocycles. The van der Waals surface area contributed by atoms with Gasteiger partial charge in [0.15, 0.2) is 0 Å². The molecule has 1 amide bonds. The fourth-order valence-electron chi connectivity index (χ4n) is 4.62. The number of rotatable bonds is 8. The lowest BCUT2D eigenvalue weighted by Crippen LogP contribution is -2.36. The van der Waals surface area contributed by atoms with Crippen LogP contribution in [0.1, 0.15) is 30.5 Å². The van der Waals surface area contributed by atoms with Crippen LogP contribution in [0.15, 0.2) is 85.2 Å². The van der Waals surface area contributed by atoms with E-state index in [2.05, 4.69) is 62.3 Å². The Kier molecular flexibility index (Phi) is 8.41. The number of imidazole rings is 1. The van der Waals surface area contributed by atoms with Crippen molar-refractivity contribution in [3.63, 3.8) is 0 Å². The normalized spacial score (nSPS) is 13.6. The van der Waals surface area contributed by atoms with Crippen molar-refractivity contribution in [3.8, 4) is 22.6 Å². The molecule has 1 atom stereocenters. The maximum absolute atomic E-state index is 13.7. The van der Waals surface area contributed by atoms with Crippen LogP contribution in [0.25, 0.3) is 28.3 Å². The van der Waals surface area contributed by atoms with Gasteiger partial charge in [-0.1, -0.05) is 30.3 Å². The lowest BCUT2D eigenvalue weighted by atomic mass is 10.1. The van der Waals surface area contributed by atoms with Crippen LogP contribution >= 0.6 is 0 Å². The maximum Gasteiger partial charge on any atom is 0.223 e. The van der Waals surface area contributed by atoms with Crippen molar-refractivity contribution in [2.75, 3.05) is 25.5 Å². The van der Waals surface area contributed by atoms with Gasteiger partial charge in [-0.15, -0.1) is 0 Å². The van der Waals surface area contributed by atoms with Crippen molar-refractivity contribution in [3.05, 3.63) is 102 Å². The van der Waals surface area contributed by atoms with Gasteiger partial charge in [-0.3, -0.25) is 14.1 Å². The van der Waals surface area contributed by atoms with Crippen LogP contribution in [0, 0.1) is 5.82 Å². The van der Waals surface area contributed by atoms with Crippen molar-refractivity contribution in [2.45, 2.75) is 25.9 Å². The first-order valence-electron chi connectivity index (χ1n) is 13.3. The van der Waals surface area contributed by atoms with E-state index in [9.17, 15) is 4.39 Å². The van der Waals surface area contributed by atoms with Gasteiger partial charge in [0.05, 0.1) is 23.1 Å². The van der Waals surface area contributed by atoms with Crippen LogP contribution in [0.5, 0.6) is 0 Å². The molecular weight excluding hydrogens is 505 g/mol. The molecule has 40 heavy (non-hydrogen) atoms. The molecule has 8 nitrogen and oxygen atoms in total. The number of hydrogen-bond acceptors (Lipinski definition) is 6. The number of pyridine rings is 1. The molecular formula is C31H32FN7O. The third-order valence-corrected chi connectivity index (χ3v) is 6.82. The number of nitrogens with zero attached hydrogens (tertiary/aromatic N) is 5. The predicted molar refractivity (Wildman–Crippen MR) is 155 cm³/mol. The molecule has 2 aromatic carbocycles. The van der Waals surface area contributed by atoms with Crippen LogP contribution in [0.2, 0.25) is 0 Å². The first-order chi connectivity index (χ1) is 19.6. The monoisotopic (exact) mass is 537 g/mol. The zero-order valence-electron chi connectivity index (χ0n) is 22.6. The third-order valence-electron chi connectivity index (χ3n) is 6.82. The quantitative estimate of drug-likeness (QED) is 0.260. The molecule has 204 valence electrons. The number of carbonyl (C=O) groups is 1. The van der Waals surface area contributed by atoms with Gasteiger partial charge in [-0.05, 0) is 80.0 Å². The molecule has 5 aromatic rings. The highest BCUT2D eigenvalue weighted by Gasteiger charge is 2.20. The molecule has 0 spiro atoms. The van der Waals surface area contributed by atoms with E-state index < -0.39 is 0 Å². The Morgan fingerprint density at radius 3 is 2.45 bits per heavy atom. The number of fused-ring (bicyclic) bond motifs is 1. The van der Waals surface area contributed by atoms with Crippen LogP contribution in [-0.4, -0.2) is 50.8 Å². The molecule has 4 heterocycles. The summed E-state index contributed by atoms with van der Waals surface area (Å²) in [6, 6.07) is 22.9. The van der Waals surface area contributed by atoms with Crippen molar-refractivity contribution in [1.29, 1.82) is 0 Å². The van der Waals surface area contributed by atoms with Crippen molar-refractivity contribution in [1.82, 2.24) is 29.6 Å². The number of halogens is 1.